The fourth-order valence-corrected chi connectivity index (χ4v) is 4.03. The Morgan fingerprint density at radius 2 is 1.92 bits per heavy atom. The van der Waals surface area contributed by atoms with Crippen molar-refractivity contribution >= 4 is 22.4 Å². The van der Waals surface area contributed by atoms with Crippen molar-refractivity contribution in [1.29, 1.82) is 0 Å². The van der Waals surface area contributed by atoms with E-state index in [9.17, 15) is 17.6 Å². The molecule has 0 amide bonds. The molecule has 37 heavy (non-hydrogen) atoms. The fraction of sp³-hybridized carbons (Fsp3) is 0.435. The number of alkyl halides is 3. The second-order valence-corrected chi connectivity index (χ2v) is 8.45. The summed E-state index contributed by atoms with van der Waals surface area (Å²) >= 11 is 0. The first-order chi connectivity index (χ1) is 17.5. The molecule has 0 saturated carbocycles. The first-order valence-corrected chi connectivity index (χ1v) is 11.4. The Hall–Kier alpha value is -3.52. The Morgan fingerprint density at radius 1 is 1.16 bits per heavy atom. The van der Waals surface area contributed by atoms with Crippen LogP contribution in [0.3, 0.4) is 0 Å². The summed E-state index contributed by atoms with van der Waals surface area (Å²) < 4.78 is 83.8. The molecule has 0 radical (unpaired) electrons. The molecule has 1 atom stereocenters. The van der Waals surface area contributed by atoms with Gasteiger partial charge in [-0.3, -0.25) is 0 Å². The Balaban J connectivity index is 2.08. The molecule has 14 heteroatoms. The molecule has 0 bridgehead atoms. The number of aliphatic hydroxyl groups excluding tert-OH is 1. The van der Waals surface area contributed by atoms with Crippen LogP contribution in [0.15, 0.2) is 6.07 Å². The van der Waals surface area contributed by atoms with Crippen molar-refractivity contribution in [1.82, 2.24) is 20.3 Å². The van der Waals surface area contributed by atoms with Crippen molar-refractivity contribution in [2.45, 2.75) is 32.5 Å². The molecule has 1 aromatic carbocycles. The number of ether oxygens (including phenoxy) is 2. The highest BCUT2D eigenvalue weighted by Gasteiger charge is 2.39. The van der Waals surface area contributed by atoms with Gasteiger partial charge in [-0.05, 0) is 38.4 Å². The average Bonchev–Trinajstić information content (AvgIpc) is 2.86. The van der Waals surface area contributed by atoms with Crippen LogP contribution in [-0.4, -0.2) is 59.0 Å². The largest absolute Gasteiger partial charge is 0.474 e. The SMILES string of the molecule is Cc1c(F)c(N)cc(-c2nc3c4c(nc(OCCO)nc4c2F)NCCNCCC(C)O3)c1C(F)(F)F. The van der Waals surface area contributed by atoms with Gasteiger partial charge >= 0.3 is 12.2 Å². The normalized spacial score (nSPS) is 16.6. The molecule has 2 aromatic heterocycles. The zero-order chi connectivity index (χ0) is 26.9. The van der Waals surface area contributed by atoms with E-state index in [2.05, 4.69) is 25.6 Å². The number of rotatable bonds is 4. The van der Waals surface area contributed by atoms with Gasteiger partial charge in [0.05, 0.1) is 24.0 Å². The van der Waals surface area contributed by atoms with E-state index in [1.54, 1.807) is 6.92 Å². The summed E-state index contributed by atoms with van der Waals surface area (Å²) in [6.07, 6.45) is -5.01. The summed E-state index contributed by atoms with van der Waals surface area (Å²) in [4.78, 5) is 12.4. The van der Waals surface area contributed by atoms with Crippen LogP contribution in [0.5, 0.6) is 11.9 Å². The minimum absolute atomic E-state index is 0.00767. The van der Waals surface area contributed by atoms with Crippen molar-refractivity contribution in [3.05, 3.63) is 28.8 Å². The third-order valence-corrected chi connectivity index (χ3v) is 5.75. The molecule has 3 aromatic rings. The summed E-state index contributed by atoms with van der Waals surface area (Å²) in [6.45, 7) is 3.49. The maximum atomic E-state index is 16.0. The van der Waals surface area contributed by atoms with Gasteiger partial charge in [-0.25, -0.2) is 13.8 Å². The number of aromatic nitrogens is 3. The van der Waals surface area contributed by atoms with Crippen LogP contribution in [0, 0.1) is 18.6 Å². The van der Waals surface area contributed by atoms with Gasteiger partial charge in [0.2, 0.25) is 5.88 Å². The molecule has 4 rings (SSSR count). The number of aliphatic hydroxyl groups is 1. The molecular weight excluding hydrogens is 503 g/mol. The van der Waals surface area contributed by atoms with Crippen molar-refractivity contribution in [2.24, 2.45) is 0 Å². The highest BCUT2D eigenvalue weighted by atomic mass is 19.4. The number of hydrogen-bond acceptors (Lipinski definition) is 9. The second-order valence-electron chi connectivity index (χ2n) is 8.45. The van der Waals surface area contributed by atoms with Crippen LogP contribution < -0.4 is 25.8 Å². The lowest BCUT2D eigenvalue weighted by Crippen LogP contribution is -2.26. The first-order valence-electron chi connectivity index (χ1n) is 11.4. The van der Waals surface area contributed by atoms with E-state index in [0.717, 1.165) is 6.92 Å². The topological polar surface area (TPSA) is 127 Å². The van der Waals surface area contributed by atoms with Crippen LogP contribution >= 0.6 is 0 Å². The van der Waals surface area contributed by atoms with E-state index in [4.69, 9.17) is 20.3 Å². The van der Waals surface area contributed by atoms with E-state index in [-0.39, 0.29) is 36.3 Å². The number of pyridine rings is 1. The monoisotopic (exact) mass is 528 g/mol. The third-order valence-electron chi connectivity index (χ3n) is 5.75. The number of halogens is 5. The minimum Gasteiger partial charge on any atom is -0.474 e. The lowest BCUT2D eigenvalue weighted by Gasteiger charge is -2.21. The molecule has 5 N–H and O–H groups in total. The van der Waals surface area contributed by atoms with Crippen LogP contribution in [0.4, 0.5) is 33.5 Å². The Morgan fingerprint density at radius 3 is 2.62 bits per heavy atom. The van der Waals surface area contributed by atoms with E-state index in [1.165, 1.54) is 0 Å². The number of anilines is 2. The Bertz CT molecular complexity index is 1320. The van der Waals surface area contributed by atoms with Crippen LogP contribution in [-0.2, 0) is 6.18 Å². The van der Waals surface area contributed by atoms with Crippen molar-refractivity contribution in [3.63, 3.8) is 0 Å². The summed E-state index contributed by atoms with van der Waals surface area (Å²) in [5, 5.41) is 15.3. The van der Waals surface area contributed by atoms with Gasteiger partial charge in [-0.2, -0.15) is 23.1 Å². The predicted octanol–water partition coefficient (Wildman–Crippen LogP) is 3.42. The van der Waals surface area contributed by atoms with Crippen molar-refractivity contribution in [3.8, 4) is 23.1 Å². The number of hydrogen-bond donors (Lipinski definition) is 4. The zero-order valence-electron chi connectivity index (χ0n) is 20.0. The number of nitrogens with two attached hydrogens (primary N) is 1. The zero-order valence-corrected chi connectivity index (χ0v) is 20.0. The molecule has 3 heterocycles. The van der Waals surface area contributed by atoms with Gasteiger partial charge in [0.25, 0.3) is 0 Å². The van der Waals surface area contributed by atoms with Crippen molar-refractivity contribution in [2.75, 3.05) is 43.9 Å². The summed E-state index contributed by atoms with van der Waals surface area (Å²) in [6, 6.07) is 0.366. The average molecular weight is 528 g/mol. The van der Waals surface area contributed by atoms with Gasteiger partial charge in [0.1, 0.15) is 34.8 Å². The molecule has 0 aliphatic carbocycles. The van der Waals surface area contributed by atoms with Crippen LogP contribution in [0.25, 0.3) is 22.2 Å². The van der Waals surface area contributed by atoms with Crippen molar-refractivity contribution < 1.29 is 36.5 Å². The van der Waals surface area contributed by atoms with Crippen LogP contribution in [0.1, 0.15) is 24.5 Å². The molecule has 0 fully saturated rings. The molecule has 9 nitrogen and oxygen atoms in total. The number of nitrogens with one attached hydrogen (secondary N) is 2. The quantitative estimate of drug-likeness (QED) is 0.298. The summed E-state index contributed by atoms with van der Waals surface area (Å²) in [5.74, 6) is -2.64. The Labute approximate surface area is 208 Å². The highest BCUT2D eigenvalue weighted by Crippen LogP contribution is 2.44. The molecule has 200 valence electrons. The second kappa shape index (κ2) is 10.5. The summed E-state index contributed by atoms with van der Waals surface area (Å²) in [7, 11) is 0. The molecule has 0 spiro atoms. The lowest BCUT2D eigenvalue weighted by atomic mass is 9.96. The summed E-state index contributed by atoms with van der Waals surface area (Å²) in [5.41, 5.74) is 0.835. The molecule has 1 aliphatic heterocycles. The molecule has 1 unspecified atom stereocenters. The molecule has 0 saturated heterocycles. The first kappa shape index (κ1) is 26.5. The maximum Gasteiger partial charge on any atom is 0.417 e. The molecular formula is C23H25F5N6O3. The van der Waals surface area contributed by atoms with E-state index < -0.39 is 57.5 Å². The minimum atomic E-state index is -5.05. The van der Waals surface area contributed by atoms with Gasteiger partial charge in [-0.15, -0.1) is 0 Å². The standard InChI is InChI=1S/C23H25F5N6O3/c1-10-3-4-30-5-6-31-20-14-19(33-22(34-20)36-8-7-35)17(25)18(32-21(14)37-10)12-9-13(29)16(24)11(2)15(12)23(26,27)28/h9-10,30,35H,3-8,29H2,1-2H3,(H,31,33,34). The van der Waals surface area contributed by atoms with Gasteiger partial charge in [0.15, 0.2) is 5.82 Å². The van der Waals surface area contributed by atoms with Gasteiger partial charge < -0.3 is 30.9 Å². The number of nitrogens with zero attached hydrogens (tertiary/aromatic N) is 3. The maximum absolute atomic E-state index is 16.0. The number of nitrogen functional groups attached to an aromatic ring is 1. The number of benzene rings is 1. The van der Waals surface area contributed by atoms with E-state index in [1.807, 2.05) is 0 Å². The van der Waals surface area contributed by atoms with Gasteiger partial charge in [0, 0.05) is 18.7 Å². The van der Waals surface area contributed by atoms with Gasteiger partial charge in [-0.1, -0.05) is 0 Å². The third kappa shape index (κ3) is 5.30. The van der Waals surface area contributed by atoms with E-state index >= 15 is 4.39 Å². The fourth-order valence-electron chi connectivity index (χ4n) is 4.03. The molecule has 1 aliphatic rings. The van der Waals surface area contributed by atoms with Crippen LogP contribution in [0.2, 0.25) is 0 Å². The smallest absolute Gasteiger partial charge is 0.417 e. The lowest BCUT2D eigenvalue weighted by molar-refractivity contribution is -0.137. The van der Waals surface area contributed by atoms with E-state index in [0.29, 0.717) is 32.1 Å². The highest BCUT2D eigenvalue weighted by molar-refractivity contribution is 5.96. The Kier molecular flexibility index (Phi) is 7.50. The predicted molar refractivity (Wildman–Crippen MR) is 125 cm³/mol.